The second kappa shape index (κ2) is 6.62. The molecule has 1 aromatic carbocycles. The molecule has 0 aliphatic carbocycles. The van der Waals surface area contributed by atoms with Crippen LogP contribution in [-0.4, -0.2) is 12.6 Å². The van der Waals surface area contributed by atoms with Crippen molar-refractivity contribution in [3.05, 3.63) is 35.4 Å². The van der Waals surface area contributed by atoms with Gasteiger partial charge in [-0.3, -0.25) is 4.79 Å². The SMILES string of the molecule is CCOC(=O)CCCc1ccc(C#N)cc1. The van der Waals surface area contributed by atoms with Gasteiger partial charge in [-0.05, 0) is 37.5 Å². The van der Waals surface area contributed by atoms with E-state index in [0.29, 0.717) is 18.6 Å². The van der Waals surface area contributed by atoms with E-state index in [2.05, 4.69) is 6.07 Å². The highest BCUT2D eigenvalue weighted by Crippen LogP contribution is 2.07. The summed E-state index contributed by atoms with van der Waals surface area (Å²) >= 11 is 0. The Bertz CT molecular complexity index is 376. The summed E-state index contributed by atoms with van der Waals surface area (Å²) in [7, 11) is 0. The van der Waals surface area contributed by atoms with E-state index < -0.39 is 0 Å². The third-order valence-electron chi connectivity index (χ3n) is 2.23. The largest absolute Gasteiger partial charge is 0.466 e. The zero-order valence-corrected chi connectivity index (χ0v) is 9.40. The lowest BCUT2D eigenvalue weighted by molar-refractivity contribution is -0.143. The molecular formula is C13H15NO2. The van der Waals surface area contributed by atoms with Crippen LogP contribution in [0.4, 0.5) is 0 Å². The van der Waals surface area contributed by atoms with Crippen LogP contribution in [0.2, 0.25) is 0 Å². The molecule has 16 heavy (non-hydrogen) atoms. The Morgan fingerprint density at radius 2 is 2.06 bits per heavy atom. The molecule has 0 saturated heterocycles. The van der Waals surface area contributed by atoms with Crippen LogP contribution >= 0.6 is 0 Å². The van der Waals surface area contributed by atoms with E-state index in [1.54, 1.807) is 19.1 Å². The Labute approximate surface area is 95.7 Å². The molecule has 0 amide bonds. The lowest BCUT2D eigenvalue weighted by Gasteiger charge is -2.02. The molecular weight excluding hydrogens is 202 g/mol. The van der Waals surface area contributed by atoms with Crippen molar-refractivity contribution in [2.24, 2.45) is 0 Å². The van der Waals surface area contributed by atoms with E-state index in [0.717, 1.165) is 18.4 Å². The van der Waals surface area contributed by atoms with Crippen molar-refractivity contribution in [1.82, 2.24) is 0 Å². The van der Waals surface area contributed by atoms with Crippen molar-refractivity contribution in [2.45, 2.75) is 26.2 Å². The number of carbonyl (C=O) groups is 1. The molecule has 0 unspecified atom stereocenters. The molecule has 0 aliphatic rings. The van der Waals surface area contributed by atoms with Crippen LogP contribution in [-0.2, 0) is 16.0 Å². The van der Waals surface area contributed by atoms with Crippen LogP contribution in [0.3, 0.4) is 0 Å². The average Bonchev–Trinajstić information content (AvgIpc) is 2.30. The van der Waals surface area contributed by atoms with Gasteiger partial charge in [0.2, 0.25) is 0 Å². The summed E-state index contributed by atoms with van der Waals surface area (Å²) in [6, 6.07) is 9.49. The van der Waals surface area contributed by atoms with Gasteiger partial charge in [0.1, 0.15) is 0 Å². The van der Waals surface area contributed by atoms with E-state index in [4.69, 9.17) is 10.00 Å². The molecule has 0 atom stereocenters. The number of ether oxygens (including phenoxy) is 1. The van der Waals surface area contributed by atoms with Crippen LogP contribution in [0.25, 0.3) is 0 Å². The molecule has 1 rings (SSSR count). The first-order valence-corrected chi connectivity index (χ1v) is 5.41. The van der Waals surface area contributed by atoms with Crippen molar-refractivity contribution in [2.75, 3.05) is 6.61 Å². The first-order valence-electron chi connectivity index (χ1n) is 5.41. The van der Waals surface area contributed by atoms with Crippen molar-refractivity contribution in [1.29, 1.82) is 5.26 Å². The molecule has 0 bridgehead atoms. The quantitative estimate of drug-likeness (QED) is 0.712. The third-order valence-corrected chi connectivity index (χ3v) is 2.23. The van der Waals surface area contributed by atoms with E-state index in [-0.39, 0.29) is 5.97 Å². The normalized spacial score (nSPS) is 9.50. The predicted molar refractivity (Wildman–Crippen MR) is 60.7 cm³/mol. The second-order valence-corrected chi connectivity index (χ2v) is 3.47. The van der Waals surface area contributed by atoms with Crippen molar-refractivity contribution in [3.63, 3.8) is 0 Å². The topological polar surface area (TPSA) is 50.1 Å². The zero-order chi connectivity index (χ0) is 11.8. The highest BCUT2D eigenvalue weighted by atomic mass is 16.5. The van der Waals surface area contributed by atoms with Gasteiger partial charge in [-0.2, -0.15) is 5.26 Å². The molecule has 0 N–H and O–H groups in total. The fourth-order valence-corrected chi connectivity index (χ4v) is 1.42. The predicted octanol–water partition coefficient (Wildman–Crippen LogP) is 2.44. The Balaban J connectivity index is 2.32. The number of hydrogen-bond acceptors (Lipinski definition) is 3. The molecule has 1 aromatic rings. The summed E-state index contributed by atoms with van der Waals surface area (Å²) in [6.45, 7) is 2.24. The lowest BCUT2D eigenvalue weighted by atomic mass is 10.1. The summed E-state index contributed by atoms with van der Waals surface area (Å²) in [4.78, 5) is 11.1. The van der Waals surface area contributed by atoms with Gasteiger partial charge in [0.05, 0.1) is 18.2 Å². The Morgan fingerprint density at radius 3 is 2.62 bits per heavy atom. The molecule has 0 aliphatic heterocycles. The highest BCUT2D eigenvalue weighted by molar-refractivity contribution is 5.69. The van der Waals surface area contributed by atoms with Crippen LogP contribution in [0.5, 0.6) is 0 Å². The summed E-state index contributed by atoms with van der Waals surface area (Å²) < 4.78 is 4.83. The molecule has 0 spiro atoms. The molecule has 84 valence electrons. The number of benzene rings is 1. The van der Waals surface area contributed by atoms with Gasteiger partial charge < -0.3 is 4.74 Å². The zero-order valence-electron chi connectivity index (χ0n) is 9.40. The van der Waals surface area contributed by atoms with Crippen LogP contribution < -0.4 is 0 Å². The van der Waals surface area contributed by atoms with Gasteiger partial charge in [-0.15, -0.1) is 0 Å². The fraction of sp³-hybridized carbons (Fsp3) is 0.385. The Morgan fingerprint density at radius 1 is 1.38 bits per heavy atom. The first kappa shape index (κ1) is 12.3. The summed E-state index contributed by atoms with van der Waals surface area (Å²) in [5, 5.41) is 8.63. The molecule has 3 heteroatoms. The van der Waals surface area contributed by atoms with Gasteiger partial charge >= 0.3 is 5.97 Å². The van der Waals surface area contributed by atoms with E-state index >= 15 is 0 Å². The molecule has 0 heterocycles. The van der Waals surface area contributed by atoms with Gasteiger partial charge in [-0.1, -0.05) is 12.1 Å². The van der Waals surface area contributed by atoms with Crippen LogP contribution in [0.1, 0.15) is 30.9 Å². The second-order valence-electron chi connectivity index (χ2n) is 3.47. The van der Waals surface area contributed by atoms with Crippen molar-refractivity contribution < 1.29 is 9.53 Å². The first-order chi connectivity index (χ1) is 7.76. The molecule has 0 fully saturated rings. The van der Waals surface area contributed by atoms with E-state index in [1.807, 2.05) is 12.1 Å². The molecule has 0 radical (unpaired) electrons. The lowest BCUT2D eigenvalue weighted by Crippen LogP contribution is -2.03. The number of hydrogen-bond donors (Lipinski definition) is 0. The Hall–Kier alpha value is -1.82. The monoisotopic (exact) mass is 217 g/mol. The minimum atomic E-state index is -0.142. The van der Waals surface area contributed by atoms with Gasteiger partial charge in [0, 0.05) is 6.42 Å². The number of aryl methyl sites for hydroxylation is 1. The summed E-state index contributed by atoms with van der Waals surface area (Å²) in [5.74, 6) is -0.142. The van der Waals surface area contributed by atoms with Crippen molar-refractivity contribution >= 4 is 5.97 Å². The smallest absolute Gasteiger partial charge is 0.305 e. The molecule has 0 aromatic heterocycles. The third kappa shape index (κ3) is 4.14. The number of rotatable bonds is 5. The minimum absolute atomic E-state index is 0.142. The maximum atomic E-state index is 11.1. The number of esters is 1. The maximum absolute atomic E-state index is 11.1. The van der Waals surface area contributed by atoms with Gasteiger partial charge in [0.15, 0.2) is 0 Å². The van der Waals surface area contributed by atoms with E-state index in [1.165, 1.54) is 0 Å². The number of nitrogens with zero attached hydrogens (tertiary/aromatic N) is 1. The summed E-state index contributed by atoms with van der Waals surface area (Å²) in [5.41, 5.74) is 1.80. The van der Waals surface area contributed by atoms with Crippen LogP contribution in [0.15, 0.2) is 24.3 Å². The van der Waals surface area contributed by atoms with Gasteiger partial charge in [-0.25, -0.2) is 0 Å². The van der Waals surface area contributed by atoms with Crippen LogP contribution in [0, 0.1) is 11.3 Å². The van der Waals surface area contributed by atoms with Gasteiger partial charge in [0.25, 0.3) is 0 Å². The molecule has 0 saturated carbocycles. The molecule has 3 nitrogen and oxygen atoms in total. The minimum Gasteiger partial charge on any atom is -0.466 e. The Kier molecular flexibility index (Phi) is 5.07. The summed E-state index contributed by atoms with van der Waals surface area (Å²) in [6.07, 6.45) is 2.07. The standard InChI is InChI=1S/C13H15NO2/c1-2-16-13(15)5-3-4-11-6-8-12(10-14)9-7-11/h6-9H,2-5H2,1H3. The fourth-order valence-electron chi connectivity index (χ4n) is 1.42. The number of carbonyl (C=O) groups excluding carboxylic acids is 1. The highest BCUT2D eigenvalue weighted by Gasteiger charge is 2.01. The van der Waals surface area contributed by atoms with Crippen molar-refractivity contribution in [3.8, 4) is 6.07 Å². The number of nitriles is 1. The van der Waals surface area contributed by atoms with E-state index in [9.17, 15) is 4.79 Å². The maximum Gasteiger partial charge on any atom is 0.305 e. The average molecular weight is 217 g/mol.